The molecular formula is C12H17NO2S. The van der Waals surface area contributed by atoms with Gasteiger partial charge in [0.1, 0.15) is 5.75 Å². The summed E-state index contributed by atoms with van der Waals surface area (Å²) in [6.45, 7) is 5.70. The van der Waals surface area contributed by atoms with Gasteiger partial charge in [-0.05, 0) is 26.8 Å². The summed E-state index contributed by atoms with van der Waals surface area (Å²) in [6.07, 6.45) is -0.443. The summed E-state index contributed by atoms with van der Waals surface area (Å²) in [5.41, 5.74) is 0.599. The summed E-state index contributed by atoms with van der Waals surface area (Å²) in [5.74, 6) is 1.10. The fourth-order valence-electron chi connectivity index (χ4n) is 1.17. The van der Waals surface area contributed by atoms with Gasteiger partial charge in [-0.25, -0.2) is 4.79 Å². The van der Waals surface area contributed by atoms with Crippen LogP contribution in [0.2, 0.25) is 0 Å². The minimum absolute atomic E-state index is 0.299. The quantitative estimate of drug-likeness (QED) is 0.779. The first-order chi connectivity index (χ1) is 7.42. The number of hydrogen-bond donors (Lipinski definition) is 2. The maximum Gasteiger partial charge on any atom is 0.413 e. The van der Waals surface area contributed by atoms with Crippen LogP contribution in [0.5, 0.6) is 5.75 Å². The molecule has 1 aromatic carbocycles. The van der Waals surface area contributed by atoms with Crippen LogP contribution in [0.25, 0.3) is 0 Å². The lowest BCUT2D eigenvalue weighted by Gasteiger charge is -2.20. The van der Waals surface area contributed by atoms with Gasteiger partial charge in [-0.15, -0.1) is 0 Å². The van der Waals surface area contributed by atoms with Crippen LogP contribution in [0.1, 0.15) is 26.3 Å². The Morgan fingerprint density at radius 1 is 1.38 bits per heavy atom. The van der Waals surface area contributed by atoms with E-state index < -0.39 is 6.09 Å². The molecule has 0 radical (unpaired) electrons. The SMILES string of the molecule is CC(C)(C)NC(=O)Oc1ccccc1CS. The molecule has 0 saturated carbocycles. The predicted octanol–water partition coefficient (Wildman–Crippen LogP) is 3.00. The Morgan fingerprint density at radius 3 is 2.56 bits per heavy atom. The van der Waals surface area contributed by atoms with E-state index >= 15 is 0 Å². The van der Waals surface area contributed by atoms with Crippen LogP contribution in [0, 0.1) is 0 Å². The van der Waals surface area contributed by atoms with Crippen molar-refractivity contribution in [3.05, 3.63) is 29.8 Å². The second-order valence-electron chi connectivity index (χ2n) is 4.53. The molecular weight excluding hydrogens is 222 g/mol. The molecule has 0 spiro atoms. The Labute approximate surface area is 102 Å². The second kappa shape index (κ2) is 5.25. The van der Waals surface area contributed by atoms with Crippen molar-refractivity contribution in [2.24, 2.45) is 0 Å². The Bertz CT molecular complexity index is 372. The van der Waals surface area contributed by atoms with E-state index in [9.17, 15) is 4.79 Å². The van der Waals surface area contributed by atoms with Crippen molar-refractivity contribution in [3.8, 4) is 5.75 Å². The highest BCUT2D eigenvalue weighted by Gasteiger charge is 2.15. The van der Waals surface area contributed by atoms with E-state index in [1.165, 1.54) is 0 Å². The lowest BCUT2D eigenvalue weighted by molar-refractivity contribution is 0.190. The molecule has 1 aromatic rings. The zero-order valence-electron chi connectivity index (χ0n) is 9.78. The van der Waals surface area contributed by atoms with E-state index in [1.807, 2.05) is 39.0 Å². The van der Waals surface area contributed by atoms with Crippen molar-refractivity contribution in [1.82, 2.24) is 5.32 Å². The first kappa shape index (κ1) is 12.9. The monoisotopic (exact) mass is 239 g/mol. The van der Waals surface area contributed by atoms with E-state index in [2.05, 4.69) is 17.9 Å². The van der Waals surface area contributed by atoms with Gasteiger partial charge in [0.25, 0.3) is 0 Å². The molecule has 0 aliphatic heterocycles. The number of amides is 1. The number of thiol groups is 1. The normalized spacial score (nSPS) is 11.0. The van der Waals surface area contributed by atoms with Gasteiger partial charge in [0.15, 0.2) is 0 Å². The third-order valence-electron chi connectivity index (χ3n) is 1.82. The molecule has 0 aromatic heterocycles. The number of para-hydroxylation sites is 1. The molecule has 1 amide bonds. The molecule has 0 heterocycles. The van der Waals surface area contributed by atoms with Crippen molar-refractivity contribution >= 4 is 18.7 Å². The summed E-state index contributed by atoms with van der Waals surface area (Å²) in [7, 11) is 0. The van der Waals surface area contributed by atoms with Crippen LogP contribution >= 0.6 is 12.6 Å². The first-order valence-corrected chi connectivity index (χ1v) is 5.74. The summed E-state index contributed by atoms with van der Waals surface area (Å²) in [5, 5.41) is 2.73. The fourth-order valence-corrected chi connectivity index (χ4v) is 1.43. The number of benzene rings is 1. The standard InChI is InChI=1S/C12H17NO2S/c1-12(2,3)13-11(14)15-10-7-5-4-6-9(10)8-16/h4-7,16H,8H2,1-3H3,(H,13,14). The van der Waals surface area contributed by atoms with Crippen molar-refractivity contribution in [2.75, 3.05) is 0 Å². The number of carbonyl (C=O) groups is 1. The average Bonchev–Trinajstić information content (AvgIpc) is 2.15. The van der Waals surface area contributed by atoms with Gasteiger partial charge in [0, 0.05) is 16.9 Å². The number of nitrogens with one attached hydrogen (secondary N) is 1. The molecule has 16 heavy (non-hydrogen) atoms. The zero-order valence-corrected chi connectivity index (χ0v) is 10.7. The Kier molecular flexibility index (Phi) is 4.24. The third-order valence-corrected chi connectivity index (χ3v) is 2.16. The van der Waals surface area contributed by atoms with Crippen molar-refractivity contribution < 1.29 is 9.53 Å². The molecule has 0 aliphatic carbocycles. The molecule has 0 aliphatic rings. The van der Waals surface area contributed by atoms with E-state index in [-0.39, 0.29) is 5.54 Å². The van der Waals surface area contributed by atoms with Gasteiger partial charge >= 0.3 is 6.09 Å². The van der Waals surface area contributed by atoms with E-state index in [0.717, 1.165) is 5.56 Å². The van der Waals surface area contributed by atoms with Gasteiger partial charge in [-0.1, -0.05) is 18.2 Å². The molecule has 4 heteroatoms. The lowest BCUT2D eigenvalue weighted by Crippen LogP contribution is -2.42. The van der Waals surface area contributed by atoms with Crippen LogP contribution in [0.4, 0.5) is 4.79 Å². The fraction of sp³-hybridized carbons (Fsp3) is 0.417. The van der Waals surface area contributed by atoms with E-state index in [0.29, 0.717) is 11.5 Å². The van der Waals surface area contributed by atoms with Crippen LogP contribution in [-0.2, 0) is 5.75 Å². The maximum absolute atomic E-state index is 11.5. The molecule has 0 fully saturated rings. The molecule has 88 valence electrons. The van der Waals surface area contributed by atoms with Crippen molar-refractivity contribution in [2.45, 2.75) is 32.1 Å². The summed E-state index contributed by atoms with van der Waals surface area (Å²) in [6, 6.07) is 7.35. The molecule has 1 rings (SSSR count). The minimum Gasteiger partial charge on any atom is -0.410 e. The highest BCUT2D eigenvalue weighted by Crippen LogP contribution is 2.19. The summed E-state index contributed by atoms with van der Waals surface area (Å²) in [4.78, 5) is 11.5. The molecule has 0 bridgehead atoms. The van der Waals surface area contributed by atoms with Crippen molar-refractivity contribution in [1.29, 1.82) is 0 Å². The number of rotatable bonds is 2. The maximum atomic E-state index is 11.5. The number of hydrogen-bond acceptors (Lipinski definition) is 3. The second-order valence-corrected chi connectivity index (χ2v) is 4.85. The summed E-state index contributed by atoms with van der Waals surface area (Å²) < 4.78 is 5.21. The van der Waals surface area contributed by atoms with Gasteiger partial charge in [0.05, 0.1) is 0 Å². The largest absolute Gasteiger partial charge is 0.413 e. The average molecular weight is 239 g/mol. The number of carbonyl (C=O) groups excluding carboxylic acids is 1. The predicted molar refractivity (Wildman–Crippen MR) is 68.0 cm³/mol. The van der Waals surface area contributed by atoms with Crippen LogP contribution < -0.4 is 10.1 Å². The minimum atomic E-state index is -0.443. The lowest BCUT2D eigenvalue weighted by atomic mass is 10.1. The van der Waals surface area contributed by atoms with Gasteiger partial charge < -0.3 is 10.1 Å². The van der Waals surface area contributed by atoms with Gasteiger partial charge in [-0.2, -0.15) is 12.6 Å². The molecule has 0 saturated heterocycles. The molecule has 3 nitrogen and oxygen atoms in total. The molecule has 0 atom stereocenters. The Hall–Kier alpha value is -1.16. The molecule has 0 unspecified atom stereocenters. The Balaban J connectivity index is 2.70. The van der Waals surface area contributed by atoms with Crippen LogP contribution in [0.15, 0.2) is 24.3 Å². The highest BCUT2D eigenvalue weighted by molar-refractivity contribution is 7.79. The summed E-state index contributed by atoms with van der Waals surface area (Å²) >= 11 is 4.18. The van der Waals surface area contributed by atoms with Crippen molar-refractivity contribution in [3.63, 3.8) is 0 Å². The van der Waals surface area contributed by atoms with E-state index in [4.69, 9.17) is 4.74 Å². The zero-order chi connectivity index (χ0) is 12.2. The number of ether oxygens (including phenoxy) is 1. The smallest absolute Gasteiger partial charge is 0.410 e. The topological polar surface area (TPSA) is 38.3 Å². The van der Waals surface area contributed by atoms with E-state index in [1.54, 1.807) is 6.07 Å². The van der Waals surface area contributed by atoms with Gasteiger partial charge in [-0.3, -0.25) is 0 Å². The first-order valence-electron chi connectivity index (χ1n) is 5.11. The van der Waals surface area contributed by atoms with Crippen LogP contribution in [-0.4, -0.2) is 11.6 Å². The van der Waals surface area contributed by atoms with Gasteiger partial charge in [0.2, 0.25) is 0 Å². The third kappa shape index (κ3) is 4.14. The molecule has 1 N–H and O–H groups in total. The van der Waals surface area contributed by atoms with Crippen LogP contribution in [0.3, 0.4) is 0 Å². The Morgan fingerprint density at radius 2 is 2.00 bits per heavy atom. The highest BCUT2D eigenvalue weighted by atomic mass is 32.1.